The van der Waals surface area contributed by atoms with Gasteiger partial charge in [0.1, 0.15) is 17.6 Å². The molecule has 0 saturated carbocycles. The molecule has 0 heterocycles. The molecule has 3 nitrogen and oxygen atoms in total. The molecule has 0 radical (unpaired) electrons. The van der Waals surface area contributed by atoms with Gasteiger partial charge in [-0.15, -0.1) is 6.58 Å². The molecule has 1 rings (SSSR count). The molecule has 1 aromatic rings. The van der Waals surface area contributed by atoms with Gasteiger partial charge in [0.05, 0.1) is 5.02 Å². The number of halogens is 2. The Morgan fingerprint density at radius 1 is 1.59 bits per heavy atom. The molecule has 0 bridgehead atoms. The molecule has 0 aromatic heterocycles. The molecule has 1 unspecified atom stereocenters. The van der Waals surface area contributed by atoms with Crippen molar-refractivity contribution in [3.8, 4) is 5.75 Å². The van der Waals surface area contributed by atoms with Gasteiger partial charge in [-0.05, 0) is 25.1 Å². The molecule has 0 aliphatic rings. The summed E-state index contributed by atoms with van der Waals surface area (Å²) in [6.45, 7) is 5.34. The first kappa shape index (κ1) is 13.9. The fourth-order valence-corrected chi connectivity index (χ4v) is 1.72. The van der Waals surface area contributed by atoms with Gasteiger partial charge in [-0.1, -0.05) is 34.4 Å². The molecule has 17 heavy (non-hydrogen) atoms. The smallest absolute Gasteiger partial charge is 0.138 e. The topological polar surface area (TPSA) is 41.8 Å². The summed E-state index contributed by atoms with van der Waals surface area (Å²) >= 11 is 11.7. The standard InChI is InChI=1S/C12H13Cl2NO2/c1-3-4-11(15-16)8(2)17-12-6-5-9(13)7-10(12)14/h3,5-8,16H,1,4H2,2H3/b15-11+. The highest BCUT2D eigenvalue weighted by atomic mass is 35.5. The highest BCUT2D eigenvalue weighted by Gasteiger charge is 2.13. The van der Waals surface area contributed by atoms with E-state index >= 15 is 0 Å². The Morgan fingerprint density at radius 2 is 2.29 bits per heavy atom. The normalized spacial score (nSPS) is 13.2. The fraction of sp³-hybridized carbons (Fsp3) is 0.250. The second-order valence-corrected chi connectivity index (χ2v) is 4.26. The first-order valence-corrected chi connectivity index (χ1v) is 5.77. The molecule has 1 aromatic carbocycles. The van der Waals surface area contributed by atoms with Gasteiger partial charge in [-0.2, -0.15) is 0 Å². The van der Waals surface area contributed by atoms with Gasteiger partial charge in [0.2, 0.25) is 0 Å². The molecule has 5 heteroatoms. The summed E-state index contributed by atoms with van der Waals surface area (Å²) in [7, 11) is 0. The van der Waals surface area contributed by atoms with Crippen molar-refractivity contribution in [2.75, 3.05) is 0 Å². The summed E-state index contributed by atoms with van der Waals surface area (Å²) in [5.74, 6) is 0.494. The van der Waals surface area contributed by atoms with Crippen molar-refractivity contribution in [3.63, 3.8) is 0 Å². The lowest BCUT2D eigenvalue weighted by molar-refractivity contribution is 0.265. The van der Waals surface area contributed by atoms with Crippen molar-refractivity contribution in [2.45, 2.75) is 19.4 Å². The molecule has 0 aliphatic carbocycles. The molecule has 0 fully saturated rings. The van der Waals surface area contributed by atoms with Gasteiger partial charge >= 0.3 is 0 Å². The number of ether oxygens (including phenoxy) is 1. The maximum absolute atomic E-state index is 8.83. The second-order valence-electron chi connectivity index (χ2n) is 3.42. The van der Waals surface area contributed by atoms with Crippen molar-refractivity contribution in [3.05, 3.63) is 40.9 Å². The highest BCUT2D eigenvalue weighted by molar-refractivity contribution is 6.35. The van der Waals surface area contributed by atoms with E-state index in [1.807, 2.05) is 0 Å². The van der Waals surface area contributed by atoms with Crippen LogP contribution >= 0.6 is 23.2 Å². The van der Waals surface area contributed by atoms with E-state index in [9.17, 15) is 0 Å². The number of hydrogen-bond donors (Lipinski definition) is 1. The van der Waals surface area contributed by atoms with Gasteiger partial charge in [-0.3, -0.25) is 0 Å². The van der Waals surface area contributed by atoms with Crippen LogP contribution in [0.5, 0.6) is 5.75 Å². The van der Waals surface area contributed by atoms with Crippen molar-refractivity contribution in [2.24, 2.45) is 5.16 Å². The average molecular weight is 274 g/mol. The van der Waals surface area contributed by atoms with Crippen LogP contribution in [-0.2, 0) is 0 Å². The van der Waals surface area contributed by atoms with Crippen LogP contribution in [-0.4, -0.2) is 17.0 Å². The maximum atomic E-state index is 8.83. The zero-order chi connectivity index (χ0) is 12.8. The minimum absolute atomic E-state index is 0.392. The average Bonchev–Trinajstić information content (AvgIpc) is 2.29. The minimum Gasteiger partial charge on any atom is -0.483 e. The molecular formula is C12H13Cl2NO2. The molecule has 92 valence electrons. The van der Waals surface area contributed by atoms with Crippen LogP contribution in [0.1, 0.15) is 13.3 Å². The van der Waals surface area contributed by atoms with E-state index in [-0.39, 0.29) is 0 Å². The third-order valence-corrected chi connectivity index (χ3v) is 2.68. The SMILES string of the molecule is C=CC/C(=N\O)C(C)Oc1ccc(Cl)cc1Cl. The quantitative estimate of drug-likeness (QED) is 0.379. The summed E-state index contributed by atoms with van der Waals surface area (Å²) in [6, 6.07) is 4.94. The number of oxime groups is 1. The maximum Gasteiger partial charge on any atom is 0.138 e. The lowest BCUT2D eigenvalue weighted by Crippen LogP contribution is -2.23. The Labute approximate surface area is 110 Å². The Balaban J connectivity index is 2.80. The number of benzene rings is 1. The van der Waals surface area contributed by atoms with Crippen molar-refractivity contribution in [1.82, 2.24) is 0 Å². The Bertz CT molecular complexity index is 433. The third kappa shape index (κ3) is 3.95. The fourth-order valence-electron chi connectivity index (χ4n) is 1.27. The van der Waals surface area contributed by atoms with Crippen LogP contribution in [0, 0.1) is 0 Å². The Hall–Kier alpha value is -1.19. The lowest BCUT2D eigenvalue weighted by Gasteiger charge is -2.16. The predicted molar refractivity (Wildman–Crippen MR) is 70.6 cm³/mol. The monoisotopic (exact) mass is 273 g/mol. The van der Waals surface area contributed by atoms with E-state index in [0.29, 0.717) is 27.9 Å². The summed E-state index contributed by atoms with van der Waals surface area (Å²) in [5.41, 5.74) is 0.478. The van der Waals surface area contributed by atoms with Crippen LogP contribution in [0.2, 0.25) is 10.0 Å². The van der Waals surface area contributed by atoms with E-state index in [0.717, 1.165) is 0 Å². The van der Waals surface area contributed by atoms with E-state index in [4.69, 9.17) is 33.1 Å². The molecular weight excluding hydrogens is 261 g/mol. The summed E-state index contributed by atoms with van der Waals surface area (Å²) in [4.78, 5) is 0. The van der Waals surface area contributed by atoms with Gasteiger partial charge in [0.25, 0.3) is 0 Å². The van der Waals surface area contributed by atoms with Crippen LogP contribution in [0.3, 0.4) is 0 Å². The van der Waals surface area contributed by atoms with Crippen LogP contribution in [0.15, 0.2) is 36.0 Å². The van der Waals surface area contributed by atoms with Crippen LogP contribution in [0.4, 0.5) is 0 Å². The summed E-state index contributed by atoms with van der Waals surface area (Å²) in [6.07, 6.45) is 1.69. The van der Waals surface area contributed by atoms with Gasteiger partial charge < -0.3 is 9.94 Å². The first-order valence-electron chi connectivity index (χ1n) is 5.02. The van der Waals surface area contributed by atoms with E-state index in [1.165, 1.54) is 0 Å². The Kier molecular flexibility index (Phi) is 5.32. The minimum atomic E-state index is -0.392. The van der Waals surface area contributed by atoms with E-state index < -0.39 is 6.10 Å². The number of nitrogens with zero attached hydrogens (tertiary/aromatic N) is 1. The number of rotatable bonds is 5. The molecule has 0 aliphatic heterocycles. The number of allylic oxidation sites excluding steroid dienone is 1. The van der Waals surface area contributed by atoms with Gasteiger partial charge in [-0.25, -0.2) is 0 Å². The highest BCUT2D eigenvalue weighted by Crippen LogP contribution is 2.28. The van der Waals surface area contributed by atoms with Gasteiger partial charge in [0.15, 0.2) is 0 Å². The molecule has 0 spiro atoms. The molecule has 0 amide bonds. The zero-order valence-electron chi connectivity index (χ0n) is 9.36. The first-order chi connectivity index (χ1) is 8.08. The predicted octanol–water partition coefficient (Wildman–Crippen LogP) is 4.17. The Morgan fingerprint density at radius 3 is 2.82 bits per heavy atom. The summed E-state index contributed by atoms with van der Waals surface area (Å²) < 4.78 is 5.58. The second kappa shape index (κ2) is 6.52. The van der Waals surface area contributed by atoms with Crippen molar-refractivity contribution < 1.29 is 9.94 Å². The number of hydrogen-bond acceptors (Lipinski definition) is 3. The molecule has 1 atom stereocenters. The van der Waals surface area contributed by atoms with Crippen LogP contribution in [0.25, 0.3) is 0 Å². The van der Waals surface area contributed by atoms with Crippen molar-refractivity contribution in [1.29, 1.82) is 0 Å². The third-order valence-electron chi connectivity index (χ3n) is 2.15. The van der Waals surface area contributed by atoms with E-state index in [2.05, 4.69) is 11.7 Å². The summed E-state index contributed by atoms with van der Waals surface area (Å²) in [5, 5.41) is 13.0. The lowest BCUT2D eigenvalue weighted by atomic mass is 10.2. The largest absolute Gasteiger partial charge is 0.483 e. The molecule has 1 N–H and O–H groups in total. The van der Waals surface area contributed by atoms with Gasteiger partial charge in [0, 0.05) is 11.4 Å². The van der Waals surface area contributed by atoms with E-state index in [1.54, 1.807) is 31.2 Å². The van der Waals surface area contributed by atoms with Crippen molar-refractivity contribution >= 4 is 28.9 Å². The van der Waals surface area contributed by atoms with Crippen LogP contribution < -0.4 is 4.74 Å². The zero-order valence-corrected chi connectivity index (χ0v) is 10.9. The molecule has 0 saturated heterocycles.